The summed E-state index contributed by atoms with van der Waals surface area (Å²) < 4.78 is 0. The highest BCUT2D eigenvalue weighted by atomic mass is 16.1. The summed E-state index contributed by atoms with van der Waals surface area (Å²) in [7, 11) is 0. The van der Waals surface area contributed by atoms with E-state index in [4.69, 9.17) is 0 Å². The lowest BCUT2D eigenvalue weighted by Gasteiger charge is -2.46. The largest absolute Gasteiger partial charge is 0.300 e. The summed E-state index contributed by atoms with van der Waals surface area (Å²) in [6.45, 7) is 10.4. The molecule has 2 atom stereocenters. The van der Waals surface area contributed by atoms with Crippen molar-refractivity contribution in [1.29, 1.82) is 0 Å². The fraction of sp³-hybridized carbons (Fsp3) is 0.667. The van der Waals surface area contributed by atoms with Gasteiger partial charge in [-0.25, -0.2) is 0 Å². The van der Waals surface area contributed by atoms with E-state index in [9.17, 15) is 9.59 Å². The fourth-order valence-electron chi connectivity index (χ4n) is 4.80. The minimum atomic E-state index is 0.188. The van der Waals surface area contributed by atoms with Gasteiger partial charge >= 0.3 is 0 Å². The Hall–Kier alpha value is -1.44. The van der Waals surface area contributed by atoms with Gasteiger partial charge in [0, 0.05) is 18.3 Å². The monoisotopic (exact) mass is 356 g/mol. The molecule has 144 valence electrons. The Morgan fingerprint density at radius 3 is 2.46 bits per heavy atom. The Morgan fingerprint density at radius 2 is 1.88 bits per heavy atom. The molecule has 0 amide bonds. The predicted octanol–water partition coefficient (Wildman–Crippen LogP) is 6.51. The van der Waals surface area contributed by atoms with Crippen LogP contribution >= 0.6 is 0 Å². The Labute approximate surface area is 159 Å². The first-order valence-corrected chi connectivity index (χ1v) is 10.5. The molecule has 0 heterocycles. The molecule has 3 rings (SSSR count). The zero-order valence-corrected chi connectivity index (χ0v) is 17.4. The van der Waals surface area contributed by atoms with E-state index in [1.165, 1.54) is 24.8 Å². The van der Waals surface area contributed by atoms with Gasteiger partial charge in [-0.1, -0.05) is 44.9 Å². The number of Topliss-reactive ketones (excluding diaryl/α,β-unsaturated/α-hetero) is 1. The smallest absolute Gasteiger partial charge is 0.155 e. The van der Waals surface area contributed by atoms with Crippen molar-refractivity contribution in [2.24, 2.45) is 11.3 Å². The third-order valence-corrected chi connectivity index (χ3v) is 6.54. The normalized spacial score (nSPS) is 29.4. The molecule has 0 N–H and O–H groups in total. The van der Waals surface area contributed by atoms with Gasteiger partial charge in [-0.15, -0.1) is 0 Å². The van der Waals surface area contributed by atoms with Crippen LogP contribution in [0.4, 0.5) is 0 Å². The predicted molar refractivity (Wildman–Crippen MR) is 109 cm³/mol. The van der Waals surface area contributed by atoms with E-state index < -0.39 is 0 Å². The number of carbonyl (C=O) groups excluding carboxylic acids is 2. The van der Waals surface area contributed by atoms with E-state index in [1.807, 2.05) is 13.0 Å². The SMILES string of the molecule is CC/C=C1/C2=C(CCC1CC)C1(C)CCC(=O)C=C1CC2.CCC(C)=O. The van der Waals surface area contributed by atoms with Gasteiger partial charge in [0.05, 0.1) is 0 Å². The second-order valence-corrected chi connectivity index (χ2v) is 8.19. The molecule has 0 radical (unpaired) electrons. The molecule has 0 aromatic rings. The van der Waals surface area contributed by atoms with Gasteiger partial charge in [-0.3, -0.25) is 4.79 Å². The summed E-state index contributed by atoms with van der Waals surface area (Å²) in [5, 5.41) is 0. The molecule has 0 spiro atoms. The molecule has 2 unspecified atom stereocenters. The molecule has 0 aromatic heterocycles. The van der Waals surface area contributed by atoms with Crippen molar-refractivity contribution in [2.75, 3.05) is 0 Å². The van der Waals surface area contributed by atoms with Crippen LogP contribution in [-0.2, 0) is 9.59 Å². The Bertz CT molecular complexity index is 647. The molecule has 0 saturated carbocycles. The summed E-state index contributed by atoms with van der Waals surface area (Å²) >= 11 is 0. The number of carbonyl (C=O) groups is 2. The lowest BCUT2D eigenvalue weighted by Crippen LogP contribution is -2.34. The van der Waals surface area contributed by atoms with Crippen molar-refractivity contribution in [3.05, 3.63) is 34.4 Å². The van der Waals surface area contributed by atoms with Crippen LogP contribution in [-0.4, -0.2) is 11.6 Å². The molecule has 2 heteroatoms. The lowest BCUT2D eigenvalue weighted by molar-refractivity contribution is -0.117. The molecule has 26 heavy (non-hydrogen) atoms. The maximum atomic E-state index is 11.8. The molecule has 0 aromatic carbocycles. The number of ketones is 2. The molecule has 3 aliphatic carbocycles. The van der Waals surface area contributed by atoms with Crippen LogP contribution < -0.4 is 0 Å². The summed E-state index contributed by atoms with van der Waals surface area (Å²) in [6.07, 6.45) is 14.1. The maximum absolute atomic E-state index is 11.8. The van der Waals surface area contributed by atoms with Crippen molar-refractivity contribution in [2.45, 2.75) is 92.4 Å². The third kappa shape index (κ3) is 4.27. The Morgan fingerprint density at radius 1 is 1.19 bits per heavy atom. The molecule has 0 fully saturated rings. The number of allylic oxidation sites excluding steroid dienone is 6. The van der Waals surface area contributed by atoms with E-state index in [-0.39, 0.29) is 11.2 Å². The van der Waals surface area contributed by atoms with Crippen molar-refractivity contribution >= 4 is 11.6 Å². The average molecular weight is 357 g/mol. The fourth-order valence-corrected chi connectivity index (χ4v) is 4.80. The minimum Gasteiger partial charge on any atom is -0.300 e. The zero-order valence-electron chi connectivity index (χ0n) is 17.4. The number of hydrogen-bond donors (Lipinski definition) is 0. The van der Waals surface area contributed by atoms with Crippen molar-refractivity contribution in [1.82, 2.24) is 0 Å². The molecule has 0 saturated heterocycles. The van der Waals surface area contributed by atoms with Crippen LogP contribution in [0.15, 0.2) is 34.4 Å². The van der Waals surface area contributed by atoms with Gasteiger partial charge in [-0.05, 0) is 75.0 Å². The zero-order chi connectivity index (χ0) is 19.3. The second-order valence-electron chi connectivity index (χ2n) is 8.19. The summed E-state index contributed by atoms with van der Waals surface area (Å²) in [4.78, 5) is 21.6. The number of fused-ring (bicyclic) bond motifs is 2. The first kappa shape index (κ1) is 20.9. The van der Waals surface area contributed by atoms with Crippen molar-refractivity contribution in [3.63, 3.8) is 0 Å². The van der Waals surface area contributed by atoms with Crippen molar-refractivity contribution in [3.8, 4) is 0 Å². The van der Waals surface area contributed by atoms with Gasteiger partial charge in [0.25, 0.3) is 0 Å². The van der Waals surface area contributed by atoms with Crippen molar-refractivity contribution < 1.29 is 9.59 Å². The topological polar surface area (TPSA) is 34.1 Å². The van der Waals surface area contributed by atoms with E-state index in [2.05, 4.69) is 26.8 Å². The van der Waals surface area contributed by atoms with Crippen LogP contribution in [0.1, 0.15) is 92.4 Å². The molecule has 2 nitrogen and oxygen atoms in total. The Kier molecular flexibility index (Phi) is 7.20. The van der Waals surface area contributed by atoms with E-state index >= 15 is 0 Å². The van der Waals surface area contributed by atoms with Gasteiger partial charge < -0.3 is 4.79 Å². The molecular formula is C24H36O2. The minimum absolute atomic E-state index is 0.188. The standard InChI is InChI=1S/C20H28O.C4H8O/c1-4-6-17-14(5-2)7-10-19-18(17)9-8-15-13-16(21)11-12-20(15,19)3;1-3-4(2)5/h6,13-14H,4-5,7-12H2,1-3H3;3H2,1-2H3/b17-6+;. The first-order chi connectivity index (χ1) is 12.4. The van der Waals surface area contributed by atoms with Crippen LogP contribution in [0, 0.1) is 11.3 Å². The first-order valence-electron chi connectivity index (χ1n) is 10.5. The molecule has 0 bridgehead atoms. The average Bonchev–Trinajstić information content (AvgIpc) is 2.63. The number of hydrogen-bond acceptors (Lipinski definition) is 2. The van der Waals surface area contributed by atoms with Crippen LogP contribution in [0.3, 0.4) is 0 Å². The van der Waals surface area contributed by atoms with Gasteiger partial charge in [-0.2, -0.15) is 0 Å². The van der Waals surface area contributed by atoms with E-state index in [1.54, 1.807) is 23.6 Å². The maximum Gasteiger partial charge on any atom is 0.155 e. The number of rotatable bonds is 3. The quantitative estimate of drug-likeness (QED) is 0.577. The van der Waals surface area contributed by atoms with Gasteiger partial charge in [0.2, 0.25) is 0 Å². The van der Waals surface area contributed by atoms with Crippen LogP contribution in [0.2, 0.25) is 0 Å². The lowest BCUT2D eigenvalue weighted by atomic mass is 9.58. The third-order valence-electron chi connectivity index (χ3n) is 6.54. The highest BCUT2D eigenvalue weighted by Gasteiger charge is 2.43. The highest BCUT2D eigenvalue weighted by Crippen LogP contribution is 2.56. The van der Waals surface area contributed by atoms with E-state index in [0.29, 0.717) is 12.2 Å². The summed E-state index contributed by atoms with van der Waals surface area (Å²) in [6, 6.07) is 0. The van der Waals surface area contributed by atoms with E-state index in [0.717, 1.165) is 38.0 Å². The second kappa shape index (κ2) is 8.97. The van der Waals surface area contributed by atoms with Crippen LogP contribution in [0.25, 0.3) is 0 Å². The van der Waals surface area contributed by atoms with Gasteiger partial charge in [0.15, 0.2) is 5.78 Å². The highest BCUT2D eigenvalue weighted by molar-refractivity contribution is 5.92. The summed E-state index contributed by atoms with van der Waals surface area (Å²) in [5.41, 5.74) is 6.61. The molecular weight excluding hydrogens is 320 g/mol. The Balaban J connectivity index is 0.000000431. The molecule has 0 aliphatic heterocycles. The summed E-state index contributed by atoms with van der Waals surface area (Å²) in [5.74, 6) is 1.37. The van der Waals surface area contributed by atoms with Gasteiger partial charge in [0.1, 0.15) is 5.78 Å². The van der Waals surface area contributed by atoms with Crippen LogP contribution in [0.5, 0.6) is 0 Å². The molecule has 3 aliphatic rings.